The Balaban J connectivity index is 1.07. The molecule has 0 aliphatic rings. The molecule has 0 radical (unpaired) electrons. The van der Waals surface area contributed by atoms with E-state index in [-0.39, 0.29) is 0 Å². The van der Waals surface area contributed by atoms with Crippen LogP contribution in [0, 0.1) is 0 Å². The van der Waals surface area contributed by atoms with Crippen molar-refractivity contribution < 1.29 is 4.42 Å². The fourth-order valence-electron chi connectivity index (χ4n) is 10.2. The van der Waals surface area contributed by atoms with Crippen molar-refractivity contribution >= 4 is 82.4 Å². The lowest BCUT2D eigenvalue weighted by molar-refractivity contribution is 0.672. The summed E-state index contributed by atoms with van der Waals surface area (Å²) < 4.78 is 9.33. The van der Waals surface area contributed by atoms with Crippen LogP contribution < -0.4 is 4.90 Å². The molecule has 0 aliphatic carbocycles. The number of para-hydroxylation sites is 2. The Morgan fingerprint density at radius 3 is 1.77 bits per heavy atom. The first kappa shape index (κ1) is 36.9. The zero-order valence-corrected chi connectivity index (χ0v) is 35.4. The van der Waals surface area contributed by atoms with Crippen LogP contribution in [0.5, 0.6) is 0 Å². The van der Waals surface area contributed by atoms with Gasteiger partial charge in [-0.2, -0.15) is 0 Å². The van der Waals surface area contributed by atoms with Gasteiger partial charge in [-0.05, 0) is 87.1 Å². The van der Waals surface area contributed by atoms with Crippen LogP contribution in [-0.4, -0.2) is 4.57 Å². The molecule has 3 nitrogen and oxygen atoms in total. The predicted octanol–water partition coefficient (Wildman–Crippen LogP) is 17.5. The molecule has 0 saturated carbocycles. The van der Waals surface area contributed by atoms with Gasteiger partial charge in [0.2, 0.25) is 0 Å². The quantitative estimate of drug-likeness (QED) is 0.160. The molecule has 2 aromatic heterocycles. The molecule has 13 aromatic rings. The molecule has 0 N–H and O–H groups in total. The second-order valence-electron chi connectivity index (χ2n) is 16.8. The average molecular weight is 829 g/mol. The Labute approximate surface area is 376 Å². The summed E-state index contributed by atoms with van der Waals surface area (Å²) in [6, 6.07) is 87.7. The van der Waals surface area contributed by atoms with Crippen LogP contribution in [0.1, 0.15) is 0 Å². The van der Waals surface area contributed by atoms with Gasteiger partial charge in [0.15, 0.2) is 0 Å². The summed E-state index contributed by atoms with van der Waals surface area (Å²) >= 11 is 0. The Hall–Kier alpha value is -8.66. The number of furan rings is 1. The zero-order valence-electron chi connectivity index (χ0n) is 35.4. The highest BCUT2D eigenvalue weighted by Crippen LogP contribution is 2.48. The fraction of sp³-hybridized carbons (Fsp3) is 0. The maximum Gasteiger partial charge on any atom is 0.143 e. The van der Waals surface area contributed by atoms with E-state index in [4.69, 9.17) is 4.42 Å². The molecule has 0 spiro atoms. The first-order chi connectivity index (χ1) is 32.3. The van der Waals surface area contributed by atoms with Gasteiger partial charge in [-0.15, -0.1) is 0 Å². The lowest BCUT2D eigenvalue weighted by atomic mass is 9.97. The predicted molar refractivity (Wildman–Crippen MR) is 274 cm³/mol. The largest absolute Gasteiger partial charge is 0.455 e. The molecule has 0 bridgehead atoms. The van der Waals surface area contributed by atoms with Crippen LogP contribution >= 0.6 is 0 Å². The third kappa shape index (κ3) is 5.97. The van der Waals surface area contributed by atoms with Crippen molar-refractivity contribution in [3.63, 3.8) is 0 Å². The van der Waals surface area contributed by atoms with E-state index in [2.05, 4.69) is 252 Å². The molecule has 0 saturated heterocycles. The number of anilines is 3. The second kappa shape index (κ2) is 15.0. The summed E-state index contributed by atoms with van der Waals surface area (Å²) in [5.74, 6) is 0. The molecule has 13 rings (SSSR count). The van der Waals surface area contributed by atoms with Gasteiger partial charge < -0.3 is 13.9 Å². The summed E-state index contributed by atoms with van der Waals surface area (Å²) in [7, 11) is 0. The van der Waals surface area contributed by atoms with Gasteiger partial charge in [-0.3, -0.25) is 0 Å². The van der Waals surface area contributed by atoms with E-state index in [9.17, 15) is 0 Å². The maximum absolute atomic E-state index is 6.87. The summed E-state index contributed by atoms with van der Waals surface area (Å²) in [5.41, 5.74) is 15.4. The molecule has 11 aromatic carbocycles. The van der Waals surface area contributed by atoms with E-state index in [1.165, 1.54) is 49.2 Å². The number of rotatable bonds is 7. The average Bonchev–Trinajstić information content (AvgIpc) is 3.93. The van der Waals surface area contributed by atoms with E-state index in [1.807, 2.05) is 0 Å². The van der Waals surface area contributed by atoms with Gasteiger partial charge in [0.1, 0.15) is 11.2 Å². The number of hydrogen-bond donors (Lipinski definition) is 0. The van der Waals surface area contributed by atoms with Crippen LogP contribution in [0.15, 0.2) is 247 Å². The first-order valence-corrected chi connectivity index (χ1v) is 22.3. The monoisotopic (exact) mass is 828 g/mol. The summed E-state index contributed by atoms with van der Waals surface area (Å²) in [4.78, 5) is 2.45. The van der Waals surface area contributed by atoms with Crippen molar-refractivity contribution in [2.24, 2.45) is 0 Å². The normalized spacial score (nSPS) is 11.7. The Morgan fingerprint density at radius 1 is 0.338 bits per heavy atom. The molecule has 0 unspecified atom stereocenters. The van der Waals surface area contributed by atoms with E-state index in [0.29, 0.717) is 0 Å². The SMILES string of the molecule is c1ccc(-c2ccc(-c3ccccc3N(c3ccc4c(c3)oc3c5ccccc5ccc43)c3cccc4c3c3ccccc3n4-c3ccc(-c4ccccc4)c4ccccc34)cc2)cc1. The lowest BCUT2D eigenvalue weighted by Gasteiger charge is -2.29. The van der Waals surface area contributed by atoms with Crippen LogP contribution in [0.4, 0.5) is 17.1 Å². The molecule has 0 fully saturated rings. The minimum Gasteiger partial charge on any atom is -0.455 e. The third-order valence-corrected chi connectivity index (χ3v) is 13.2. The second-order valence-corrected chi connectivity index (χ2v) is 16.8. The molecule has 0 amide bonds. The third-order valence-electron chi connectivity index (χ3n) is 13.2. The molecule has 0 atom stereocenters. The highest BCUT2D eigenvalue weighted by Gasteiger charge is 2.25. The molecular weight excluding hydrogens is 789 g/mol. The van der Waals surface area contributed by atoms with Gasteiger partial charge >= 0.3 is 0 Å². The Morgan fingerprint density at radius 2 is 0.938 bits per heavy atom. The van der Waals surface area contributed by atoms with Crippen molar-refractivity contribution in [1.29, 1.82) is 0 Å². The number of hydrogen-bond acceptors (Lipinski definition) is 2. The van der Waals surface area contributed by atoms with Crippen LogP contribution in [0.25, 0.3) is 104 Å². The summed E-state index contributed by atoms with van der Waals surface area (Å²) in [6.07, 6.45) is 0. The van der Waals surface area contributed by atoms with Gasteiger partial charge in [0.25, 0.3) is 0 Å². The van der Waals surface area contributed by atoms with Gasteiger partial charge in [0.05, 0.1) is 28.1 Å². The number of aromatic nitrogens is 1. The fourth-order valence-corrected chi connectivity index (χ4v) is 10.2. The first-order valence-electron chi connectivity index (χ1n) is 22.3. The molecule has 304 valence electrons. The van der Waals surface area contributed by atoms with E-state index in [0.717, 1.165) is 72.2 Å². The van der Waals surface area contributed by atoms with E-state index >= 15 is 0 Å². The highest BCUT2D eigenvalue weighted by atomic mass is 16.3. The van der Waals surface area contributed by atoms with Gasteiger partial charge in [-0.25, -0.2) is 0 Å². The van der Waals surface area contributed by atoms with Crippen LogP contribution in [0.3, 0.4) is 0 Å². The Bertz CT molecular complexity index is 3940. The van der Waals surface area contributed by atoms with Gasteiger partial charge in [0, 0.05) is 49.6 Å². The lowest BCUT2D eigenvalue weighted by Crippen LogP contribution is -2.11. The number of fused-ring (bicyclic) bond motifs is 9. The molecule has 65 heavy (non-hydrogen) atoms. The van der Waals surface area contributed by atoms with Crippen molar-refractivity contribution in [1.82, 2.24) is 4.57 Å². The highest BCUT2D eigenvalue weighted by molar-refractivity contribution is 6.19. The van der Waals surface area contributed by atoms with Crippen LogP contribution in [-0.2, 0) is 0 Å². The minimum absolute atomic E-state index is 0.850. The molecular formula is C62H40N2O. The number of benzene rings is 11. The maximum atomic E-state index is 6.87. The van der Waals surface area contributed by atoms with Crippen molar-refractivity contribution in [2.75, 3.05) is 4.90 Å². The van der Waals surface area contributed by atoms with E-state index < -0.39 is 0 Å². The zero-order chi connectivity index (χ0) is 42.8. The summed E-state index contributed by atoms with van der Waals surface area (Å²) in [6.45, 7) is 0. The van der Waals surface area contributed by atoms with Crippen LogP contribution in [0.2, 0.25) is 0 Å². The topological polar surface area (TPSA) is 21.3 Å². The minimum atomic E-state index is 0.850. The van der Waals surface area contributed by atoms with Crippen molar-refractivity contribution in [2.45, 2.75) is 0 Å². The number of nitrogens with zero attached hydrogens (tertiary/aromatic N) is 2. The van der Waals surface area contributed by atoms with Crippen molar-refractivity contribution in [3.05, 3.63) is 243 Å². The Kier molecular flexibility index (Phi) is 8.53. The molecule has 3 heteroatoms. The smallest absolute Gasteiger partial charge is 0.143 e. The van der Waals surface area contributed by atoms with Gasteiger partial charge in [-0.1, -0.05) is 188 Å². The molecule has 2 heterocycles. The van der Waals surface area contributed by atoms with E-state index in [1.54, 1.807) is 0 Å². The molecule has 0 aliphatic heterocycles. The summed E-state index contributed by atoms with van der Waals surface area (Å²) in [5, 5.41) is 9.27. The van der Waals surface area contributed by atoms with Crippen molar-refractivity contribution in [3.8, 4) is 39.1 Å². The standard InChI is InChI=1S/C62H40N2O/c1-3-16-41(17-4-1)42-30-32-45(33-31-42)48-21-11-13-26-55(48)63(46-35-37-52-53-36-34-44-20-7-8-22-49(44)62(53)65-60(52)40-46)58-28-15-29-59-61(58)54-25-12-14-27-56(54)64(59)57-39-38-47(43-18-5-2-6-19-43)50-23-9-10-24-51(50)57/h1-40H.